The quantitative estimate of drug-likeness (QED) is 0.0545. The van der Waals surface area contributed by atoms with E-state index >= 15 is 0 Å². The Morgan fingerprint density at radius 1 is 0.673 bits per heavy atom. The second-order valence-corrected chi connectivity index (χ2v) is 15.4. The Labute approximate surface area is 364 Å². The minimum Gasteiger partial charge on any atom is -0.742 e. The molecule has 0 aliphatic rings. The van der Waals surface area contributed by atoms with Gasteiger partial charge in [-0.25, -0.2) is 0 Å². The first-order chi connectivity index (χ1) is 22.3. The predicted octanol–water partition coefficient (Wildman–Crippen LogP) is 6.74. The van der Waals surface area contributed by atoms with Crippen molar-refractivity contribution in [2.24, 2.45) is 16.2 Å². The molecule has 2 N–H and O–H groups in total. The van der Waals surface area contributed by atoms with Gasteiger partial charge in [0, 0.05) is 49.6 Å². The van der Waals surface area contributed by atoms with Crippen LogP contribution in [0.1, 0.15) is 148 Å². The van der Waals surface area contributed by atoms with Crippen molar-refractivity contribution in [1.29, 1.82) is 0 Å². The van der Waals surface area contributed by atoms with E-state index in [-0.39, 0.29) is 79.5 Å². The van der Waals surface area contributed by atoms with Crippen molar-refractivity contribution in [3.63, 3.8) is 0 Å². The van der Waals surface area contributed by atoms with Crippen LogP contribution in [0.3, 0.4) is 0 Å². The molecule has 9 nitrogen and oxygen atoms in total. The number of esters is 1. The van der Waals surface area contributed by atoms with Crippen LogP contribution in [0.4, 0.5) is 0 Å². The molecule has 3 atom stereocenters. The molecule has 49 heavy (non-hydrogen) atoms. The van der Waals surface area contributed by atoms with Crippen molar-refractivity contribution in [3.05, 3.63) is 0 Å². The second-order valence-electron chi connectivity index (χ2n) is 12.0. The van der Waals surface area contributed by atoms with E-state index in [0.29, 0.717) is 37.0 Å². The SMILES string of the molecule is CC(=O)[S-].CCCC[C@@](CC)(COC(C)=O)CSC(C)=O.CCCC[C@](CC)(CBr)C(=O)O.CCCC[C@](CC)(CSC(C)=O)C(=O)O.[2HH].[K+]. The number of carboxylic acid groups (broad SMARTS) is 2. The van der Waals surface area contributed by atoms with Gasteiger partial charge in [-0.05, 0) is 45.4 Å². The number of carboxylic acids is 2. The Balaban J connectivity index is -0.000000136. The molecule has 0 radical (unpaired) electrons. The first-order valence-electron chi connectivity index (χ1n) is 16.9. The number of rotatable bonds is 21. The first kappa shape index (κ1) is 58.8. The van der Waals surface area contributed by atoms with E-state index in [1.54, 1.807) is 6.92 Å². The van der Waals surface area contributed by atoms with E-state index in [0.717, 1.165) is 75.3 Å². The third kappa shape index (κ3) is 31.7. The molecule has 0 rings (SSSR count). The molecular formula is C35H66BrKO9S3. The van der Waals surface area contributed by atoms with Gasteiger partial charge in [-0.1, -0.05) is 120 Å². The van der Waals surface area contributed by atoms with Crippen LogP contribution in [-0.4, -0.2) is 66.9 Å². The molecule has 0 spiro atoms. The molecule has 0 aliphatic carbocycles. The number of ether oxygens (including phenoxy) is 1. The van der Waals surface area contributed by atoms with Crippen LogP contribution in [-0.2, 0) is 46.1 Å². The Bertz CT molecular complexity index is 919. The number of carbonyl (C=O) groups is 6. The summed E-state index contributed by atoms with van der Waals surface area (Å²) in [6.45, 7) is 18.4. The number of aliphatic carboxylic acids is 2. The molecule has 0 aromatic heterocycles. The molecular weight excluding hydrogens is 780 g/mol. The number of carbonyl (C=O) groups excluding carboxylic acids is 4. The van der Waals surface area contributed by atoms with Crippen molar-refractivity contribution < 1.29 is 96.5 Å². The topological polar surface area (TPSA) is 152 Å². The van der Waals surface area contributed by atoms with Crippen LogP contribution < -0.4 is 51.4 Å². The van der Waals surface area contributed by atoms with Gasteiger partial charge in [0.1, 0.15) is 0 Å². The number of hydrogen-bond donors (Lipinski definition) is 2. The fourth-order valence-electron chi connectivity index (χ4n) is 4.22. The molecule has 0 amide bonds. The summed E-state index contributed by atoms with van der Waals surface area (Å²) in [5.74, 6) is -0.546. The van der Waals surface area contributed by atoms with Crippen molar-refractivity contribution in [1.82, 2.24) is 0 Å². The summed E-state index contributed by atoms with van der Waals surface area (Å²) in [6, 6.07) is 0. The summed E-state index contributed by atoms with van der Waals surface area (Å²) in [5.41, 5.74) is -1.29. The smallest absolute Gasteiger partial charge is 0.742 e. The molecule has 14 heteroatoms. The molecule has 0 saturated heterocycles. The molecule has 0 bridgehead atoms. The van der Waals surface area contributed by atoms with Gasteiger partial charge in [-0.2, -0.15) is 0 Å². The van der Waals surface area contributed by atoms with Gasteiger partial charge in [0.25, 0.3) is 0 Å². The Hall–Kier alpha value is 0.456. The predicted molar refractivity (Wildman–Crippen MR) is 209 cm³/mol. The maximum Gasteiger partial charge on any atom is 1.00 e. The van der Waals surface area contributed by atoms with Gasteiger partial charge < -0.3 is 32.4 Å². The minimum atomic E-state index is -0.771. The third-order valence-electron chi connectivity index (χ3n) is 8.06. The summed E-state index contributed by atoms with van der Waals surface area (Å²) >= 11 is 9.72. The first-order valence-corrected chi connectivity index (χ1v) is 20.4. The van der Waals surface area contributed by atoms with Gasteiger partial charge >= 0.3 is 69.3 Å². The Morgan fingerprint density at radius 3 is 1.33 bits per heavy atom. The number of thioether (sulfide) groups is 2. The third-order valence-corrected chi connectivity index (χ3v) is 11.4. The average molecular weight is 847 g/mol. The summed E-state index contributed by atoms with van der Waals surface area (Å²) in [4.78, 5) is 64.3. The molecule has 0 unspecified atom stereocenters. The summed E-state index contributed by atoms with van der Waals surface area (Å²) in [7, 11) is 0. The van der Waals surface area contributed by atoms with E-state index in [4.69, 9.17) is 9.84 Å². The zero-order valence-electron chi connectivity index (χ0n) is 32.2. The maximum absolute atomic E-state index is 11.2. The molecule has 0 fully saturated rings. The van der Waals surface area contributed by atoms with E-state index in [1.807, 2.05) is 20.8 Å². The van der Waals surface area contributed by atoms with Crippen molar-refractivity contribution in [2.45, 2.75) is 146 Å². The minimum absolute atomic E-state index is 0. The summed E-state index contributed by atoms with van der Waals surface area (Å²) < 4.78 is 5.16. The molecule has 0 aromatic rings. The largest absolute Gasteiger partial charge is 1.00 e. The van der Waals surface area contributed by atoms with Crippen LogP contribution in [0.25, 0.3) is 0 Å². The van der Waals surface area contributed by atoms with Crippen LogP contribution in [0.5, 0.6) is 0 Å². The van der Waals surface area contributed by atoms with E-state index in [2.05, 4.69) is 49.3 Å². The molecule has 0 aliphatic heterocycles. The van der Waals surface area contributed by atoms with Crippen molar-refractivity contribution in [2.75, 3.05) is 23.4 Å². The van der Waals surface area contributed by atoms with Crippen LogP contribution >= 0.6 is 39.5 Å². The van der Waals surface area contributed by atoms with Crippen molar-refractivity contribution in [3.8, 4) is 0 Å². The fourth-order valence-corrected chi connectivity index (χ4v) is 7.03. The zero-order chi connectivity index (χ0) is 38.4. The van der Waals surface area contributed by atoms with Gasteiger partial charge in [0.05, 0.1) is 17.4 Å². The number of hydrogen-bond acceptors (Lipinski definition) is 10. The normalized spacial score (nSPS) is 13.7. The van der Waals surface area contributed by atoms with Crippen LogP contribution in [0.15, 0.2) is 0 Å². The van der Waals surface area contributed by atoms with E-state index in [9.17, 15) is 33.9 Å². The van der Waals surface area contributed by atoms with Crippen molar-refractivity contribution >= 4 is 85.3 Å². The summed E-state index contributed by atoms with van der Waals surface area (Å²) in [5, 5.41) is 18.7. The number of alkyl halides is 1. The van der Waals surface area contributed by atoms with Crippen LogP contribution in [0.2, 0.25) is 0 Å². The van der Waals surface area contributed by atoms with Gasteiger partial charge in [-0.15, -0.1) is 0 Å². The van der Waals surface area contributed by atoms with E-state index < -0.39 is 22.8 Å². The maximum atomic E-state index is 11.2. The number of unbranched alkanes of at least 4 members (excludes halogenated alkanes) is 3. The zero-order valence-corrected chi connectivity index (χ0v) is 39.3. The van der Waals surface area contributed by atoms with Gasteiger partial charge in [-0.3, -0.25) is 24.0 Å². The second kappa shape index (κ2) is 35.5. The Kier molecular flexibility index (Phi) is 42.5. The van der Waals surface area contributed by atoms with Crippen LogP contribution in [0, 0.1) is 16.2 Å². The monoisotopic (exact) mass is 845 g/mol. The Morgan fingerprint density at radius 2 is 1.04 bits per heavy atom. The van der Waals surface area contributed by atoms with Gasteiger partial charge in [0.2, 0.25) is 0 Å². The standard InChI is InChI=1S/C13H24O3S.C11H20O3S.C9H17BrO2.C2H4OS.K.H2/c1-5-7-8-13(6-2,9-16-11(3)14)10-17-12(4)15;1-4-6-7-11(5-2,10(13)14)8-15-9(3)12;1-3-5-6-9(4-2,7-10)8(11)12;1-2(3)4;;/h5-10H2,1-4H3;4-8H2,1-3H3,(H,13,14);3-7H2,1-2H3,(H,11,12);1H3,(H,3,4);;1H/q;;;;+1;/p-1/t13-;11-;9-;;;/m011.../s1/i;;;;;1+1. The van der Waals surface area contributed by atoms with E-state index in [1.165, 1.54) is 32.5 Å². The molecule has 286 valence electrons. The summed E-state index contributed by atoms with van der Waals surface area (Å²) in [6.07, 6.45) is 10.8. The molecule has 0 heterocycles. The number of halogens is 1. The molecule has 0 saturated carbocycles. The molecule has 0 aromatic carbocycles. The van der Waals surface area contributed by atoms with Gasteiger partial charge in [0.15, 0.2) is 10.2 Å². The average Bonchev–Trinajstić information content (AvgIpc) is 3.02. The fraction of sp³-hybridized carbons (Fsp3) is 0.829.